The average molecular weight is 357 g/mol. The Labute approximate surface area is 146 Å². The molecule has 1 unspecified atom stereocenters. The van der Waals surface area contributed by atoms with E-state index in [0.29, 0.717) is 5.56 Å². The van der Waals surface area contributed by atoms with Gasteiger partial charge in [0.1, 0.15) is 17.4 Å². The van der Waals surface area contributed by atoms with Crippen molar-refractivity contribution in [3.05, 3.63) is 23.5 Å². The number of rotatable bonds is 6. The molecule has 0 saturated carbocycles. The van der Waals surface area contributed by atoms with Gasteiger partial charge in [-0.05, 0) is 26.8 Å². The molecule has 1 rings (SSSR count). The highest BCUT2D eigenvalue weighted by Crippen LogP contribution is 2.28. The van der Waals surface area contributed by atoms with Crippen LogP contribution in [-0.2, 0) is 20.7 Å². The molecule has 1 amide bonds. The van der Waals surface area contributed by atoms with Crippen molar-refractivity contribution in [2.75, 3.05) is 21.3 Å². The predicted molar refractivity (Wildman–Crippen MR) is 88.4 cm³/mol. The lowest BCUT2D eigenvalue weighted by molar-refractivity contribution is -0.143. The van der Waals surface area contributed by atoms with E-state index in [1.807, 2.05) is 0 Å². The third kappa shape index (κ3) is 6.13. The first-order valence-electron chi connectivity index (χ1n) is 7.59. The van der Waals surface area contributed by atoms with Crippen LogP contribution in [0.3, 0.4) is 0 Å². The van der Waals surface area contributed by atoms with Crippen molar-refractivity contribution < 1.29 is 32.9 Å². The summed E-state index contributed by atoms with van der Waals surface area (Å²) in [5.74, 6) is -1.05. The number of carbonyl (C=O) groups is 2. The molecule has 0 saturated heterocycles. The largest absolute Gasteiger partial charge is 0.496 e. The van der Waals surface area contributed by atoms with E-state index < -0.39 is 29.5 Å². The smallest absolute Gasteiger partial charge is 0.408 e. The summed E-state index contributed by atoms with van der Waals surface area (Å²) in [6.45, 7) is 5.11. The van der Waals surface area contributed by atoms with Gasteiger partial charge in [0, 0.05) is 18.1 Å². The number of ether oxygens (including phenoxy) is 4. The van der Waals surface area contributed by atoms with Crippen LogP contribution >= 0.6 is 0 Å². The molecular formula is C17H24FNO6. The highest BCUT2D eigenvalue weighted by Gasteiger charge is 2.27. The van der Waals surface area contributed by atoms with Crippen LogP contribution in [0, 0.1) is 5.82 Å². The normalized spacial score (nSPS) is 12.1. The van der Waals surface area contributed by atoms with Crippen LogP contribution in [0.2, 0.25) is 0 Å². The van der Waals surface area contributed by atoms with E-state index in [0.717, 1.165) is 6.07 Å². The fourth-order valence-corrected chi connectivity index (χ4v) is 2.09. The zero-order valence-corrected chi connectivity index (χ0v) is 15.3. The average Bonchev–Trinajstić information content (AvgIpc) is 2.52. The number of amides is 1. The Morgan fingerprint density at radius 3 is 2.20 bits per heavy atom. The van der Waals surface area contributed by atoms with Gasteiger partial charge in [-0.3, -0.25) is 0 Å². The number of halogens is 1. The quantitative estimate of drug-likeness (QED) is 0.788. The summed E-state index contributed by atoms with van der Waals surface area (Å²) in [4.78, 5) is 24.0. The van der Waals surface area contributed by atoms with Gasteiger partial charge in [-0.2, -0.15) is 0 Å². The van der Waals surface area contributed by atoms with Crippen molar-refractivity contribution in [2.45, 2.75) is 38.8 Å². The second-order valence-electron chi connectivity index (χ2n) is 6.22. The summed E-state index contributed by atoms with van der Waals surface area (Å²) in [6.07, 6.45) is -0.762. The molecule has 0 spiro atoms. The van der Waals surface area contributed by atoms with E-state index in [4.69, 9.17) is 18.9 Å². The molecule has 0 radical (unpaired) electrons. The minimum absolute atomic E-state index is 0.00307. The summed E-state index contributed by atoms with van der Waals surface area (Å²) in [6, 6.07) is 1.51. The lowest BCUT2D eigenvalue weighted by Crippen LogP contribution is -2.45. The van der Waals surface area contributed by atoms with E-state index in [-0.39, 0.29) is 17.9 Å². The molecule has 0 aliphatic carbocycles. The second kappa shape index (κ2) is 8.55. The number of carbonyl (C=O) groups excluding carboxylic acids is 2. The van der Waals surface area contributed by atoms with Crippen molar-refractivity contribution in [2.24, 2.45) is 0 Å². The van der Waals surface area contributed by atoms with Crippen LogP contribution in [0.5, 0.6) is 11.5 Å². The number of hydrogen-bond acceptors (Lipinski definition) is 6. The Bertz CT molecular complexity index is 626. The number of alkyl carbamates (subject to hydrolysis) is 1. The van der Waals surface area contributed by atoms with Gasteiger partial charge in [-0.25, -0.2) is 14.0 Å². The number of methoxy groups -OCH3 is 3. The van der Waals surface area contributed by atoms with Crippen molar-refractivity contribution in [3.8, 4) is 11.5 Å². The maximum absolute atomic E-state index is 13.8. The van der Waals surface area contributed by atoms with Gasteiger partial charge in [-0.1, -0.05) is 0 Å². The molecule has 1 atom stereocenters. The maximum Gasteiger partial charge on any atom is 0.408 e. The molecule has 140 valence electrons. The number of esters is 1. The van der Waals surface area contributed by atoms with Crippen molar-refractivity contribution in [1.29, 1.82) is 0 Å². The van der Waals surface area contributed by atoms with Crippen LogP contribution in [0.15, 0.2) is 12.1 Å². The minimum atomic E-state index is -1.04. The van der Waals surface area contributed by atoms with Crippen molar-refractivity contribution >= 4 is 12.1 Å². The first-order valence-corrected chi connectivity index (χ1v) is 7.59. The molecule has 0 aromatic heterocycles. The predicted octanol–water partition coefficient (Wildman–Crippen LogP) is 2.45. The summed E-state index contributed by atoms with van der Waals surface area (Å²) in [5.41, 5.74) is -0.256. The summed E-state index contributed by atoms with van der Waals surface area (Å²) in [7, 11) is 3.90. The first-order chi connectivity index (χ1) is 11.6. The molecule has 1 aromatic rings. The van der Waals surface area contributed by atoms with E-state index >= 15 is 0 Å². The monoisotopic (exact) mass is 357 g/mol. The third-order valence-electron chi connectivity index (χ3n) is 3.16. The molecule has 0 fully saturated rings. The fourth-order valence-electron chi connectivity index (χ4n) is 2.09. The van der Waals surface area contributed by atoms with E-state index in [9.17, 15) is 14.0 Å². The molecule has 1 aromatic carbocycles. The molecule has 1 N–H and O–H groups in total. The standard InChI is InChI=1S/C17H24FNO6/c1-17(2,3)25-16(21)19-12(15(20)24-6)7-10-8-14(23-5)11(18)9-13(10)22-4/h8-9,12H,7H2,1-6H3,(H,19,21). The van der Waals surface area contributed by atoms with E-state index in [1.54, 1.807) is 20.8 Å². The van der Waals surface area contributed by atoms with Gasteiger partial charge in [-0.15, -0.1) is 0 Å². The molecule has 0 aliphatic heterocycles. The Morgan fingerprint density at radius 1 is 1.12 bits per heavy atom. The Hall–Kier alpha value is -2.51. The Kier molecular flexibility index (Phi) is 7.02. The molecule has 0 aliphatic rings. The third-order valence-corrected chi connectivity index (χ3v) is 3.16. The van der Waals surface area contributed by atoms with Crippen LogP contribution < -0.4 is 14.8 Å². The summed E-state index contributed by atoms with van der Waals surface area (Å²) >= 11 is 0. The van der Waals surface area contributed by atoms with Crippen LogP contribution in [0.25, 0.3) is 0 Å². The van der Waals surface area contributed by atoms with Crippen molar-refractivity contribution in [3.63, 3.8) is 0 Å². The molecule has 8 heteroatoms. The molecule has 0 bridgehead atoms. The number of benzene rings is 1. The van der Waals surface area contributed by atoms with Crippen LogP contribution in [-0.4, -0.2) is 45.0 Å². The molecule has 25 heavy (non-hydrogen) atoms. The molecule has 7 nitrogen and oxygen atoms in total. The lowest BCUT2D eigenvalue weighted by atomic mass is 10.0. The Morgan fingerprint density at radius 2 is 1.72 bits per heavy atom. The molecular weight excluding hydrogens is 333 g/mol. The molecule has 0 heterocycles. The van der Waals surface area contributed by atoms with Crippen LogP contribution in [0.4, 0.5) is 9.18 Å². The second-order valence-corrected chi connectivity index (χ2v) is 6.22. The van der Waals surface area contributed by atoms with E-state index in [2.05, 4.69) is 5.32 Å². The zero-order chi connectivity index (χ0) is 19.2. The van der Waals surface area contributed by atoms with Gasteiger partial charge >= 0.3 is 12.1 Å². The zero-order valence-electron chi connectivity index (χ0n) is 15.3. The van der Waals surface area contributed by atoms with Crippen molar-refractivity contribution in [1.82, 2.24) is 5.32 Å². The van der Waals surface area contributed by atoms with Gasteiger partial charge in [0.2, 0.25) is 0 Å². The van der Waals surface area contributed by atoms with Gasteiger partial charge in [0.15, 0.2) is 11.6 Å². The number of hydrogen-bond donors (Lipinski definition) is 1. The summed E-state index contributed by atoms with van der Waals surface area (Å²) < 4.78 is 33.7. The van der Waals surface area contributed by atoms with Gasteiger partial charge < -0.3 is 24.3 Å². The van der Waals surface area contributed by atoms with Gasteiger partial charge in [0.05, 0.1) is 21.3 Å². The van der Waals surface area contributed by atoms with Gasteiger partial charge in [0.25, 0.3) is 0 Å². The van der Waals surface area contributed by atoms with Crippen LogP contribution in [0.1, 0.15) is 26.3 Å². The lowest BCUT2D eigenvalue weighted by Gasteiger charge is -2.23. The highest BCUT2D eigenvalue weighted by molar-refractivity contribution is 5.81. The van der Waals surface area contributed by atoms with E-state index in [1.165, 1.54) is 27.4 Å². The minimum Gasteiger partial charge on any atom is -0.496 e. The first kappa shape index (κ1) is 20.5. The summed E-state index contributed by atoms with van der Waals surface area (Å²) in [5, 5.41) is 2.45. The topological polar surface area (TPSA) is 83.1 Å². The maximum atomic E-state index is 13.8. The number of nitrogens with one attached hydrogen (secondary N) is 1. The highest BCUT2D eigenvalue weighted by atomic mass is 19.1. The fraction of sp³-hybridized carbons (Fsp3) is 0.529. The SMILES string of the molecule is COC(=O)C(Cc1cc(OC)c(F)cc1OC)NC(=O)OC(C)(C)C. The Balaban J connectivity index is 3.06.